The van der Waals surface area contributed by atoms with E-state index in [1.54, 1.807) is 17.0 Å². The van der Waals surface area contributed by atoms with Crippen LogP contribution in [-0.4, -0.2) is 48.4 Å². The maximum absolute atomic E-state index is 13.1. The summed E-state index contributed by atoms with van der Waals surface area (Å²) in [5, 5.41) is 7.93. The molecule has 28 heavy (non-hydrogen) atoms. The third-order valence-electron chi connectivity index (χ3n) is 5.18. The molecule has 0 bridgehead atoms. The SMILES string of the molecule is CC1CCN(C(=O)Cn2cnc3c(nnn3Cc3ccc(F)cc3)c2=O)CC1. The Morgan fingerprint density at radius 2 is 1.93 bits per heavy atom. The molecule has 1 amide bonds. The number of benzene rings is 1. The number of aromatic nitrogens is 5. The van der Waals surface area contributed by atoms with Crippen LogP contribution in [0.1, 0.15) is 25.3 Å². The highest BCUT2D eigenvalue weighted by Gasteiger charge is 2.21. The molecule has 9 heteroatoms. The van der Waals surface area contributed by atoms with Gasteiger partial charge in [-0.05, 0) is 36.5 Å². The Labute approximate surface area is 160 Å². The van der Waals surface area contributed by atoms with Crippen molar-refractivity contribution in [3.8, 4) is 0 Å². The molecule has 0 saturated carbocycles. The molecule has 3 heterocycles. The van der Waals surface area contributed by atoms with E-state index in [4.69, 9.17) is 0 Å². The first kappa shape index (κ1) is 18.3. The number of amides is 1. The first-order valence-corrected chi connectivity index (χ1v) is 9.32. The molecular formula is C19H21FN6O2. The largest absolute Gasteiger partial charge is 0.341 e. The van der Waals surface area contributed by atoms with E-state index >= 15 is 0 Å². The van der Waals surface area contributed by atoms with E-state index in [2.05, 4.69) is 22.2 Å². The highest BCUT2D eigenvalue weighted by atomic mass is 19.1. The average Bonchev–Trinajstić information content (AvgIpc) is 3.10. The van der Waals surface area contributed by atoms with Crippen LogP contribution in [0.25, 0.3) is 11.2 Å². The molecule has 0 atom stereocenters. The zero-order chi connectivity index (χ0) is 19.7. The van der Waals surface area contributed by atoms with E-state index < -0.39 is 5.56 Å². The highest BCUT2D eigenvalue weighted by molar-refractivity contribution is 5.76. The van der Waals surface area contributed by atoms with Gasteiger partial charge in [-0.15, -0.1) is 5.10 Å². The molecule has 0 N–H and O–H groups in total. The van der Waals surface area contributed by atoms with Crippen molar-refractivity contribution in [2.24, 2.45) is 5.92 Å². The van der Waals surface area contributed by atoms with Crippen LogP contribution in [0.15, 0.2) is 35.4 Å². The van der Waals surface area contributed by atoms with Crippen LogP contribution in [0.5, 0.6) is 0 Å². The Balaban J connectivity index is 1.54. The lowest BCUT2D eigenvalue weighted by Crippen LogP contribution is -2.41. The van der Waals surface area contributed by atoms with Gasteiger partial charge in [-0.3, -0.25) is 14.2 Å². The number of rotatable bonds is 4. The van der Waals surface area contributed by atoms with Gasteiger partial charge in [0.15, 0.2) is 11.2 Å². The zero-order valence-corrected chi connectivity index (χ0v) is 15.6. The van der Waals surface area contributed by atoms with Crippen molar-refractivity contribution in [3.05, 3.63) is 52.3 Å². The predicted molar refractivity (Wildman–Crippen MR) is 100 cm³/mol. The lowest BCUT2D eigenvalue weighted by Gasteiger charge is -2.30. The quantitative estimate of drug-likeness (QED) is 0.679. The van der Waals surface area contributed by atoms with Crippen LogP contribution in [0.2, 0.25) is 0 Å². The Morgan fingerprint density at radius 3 is 2.64 bits per heavy atom. The molecule has 1 aromatic carbocycles. The fourth-order valence-corrected chi connectivity index (χ4v) is 3.37. The number of halogens is 1. The van der Waals surface area contributed by atoms with Crippen LogP contribution >= 0.6 is 0 Å². The number of piperidine rings is 1. The number of carbonyl (C=O) groups is 1. The monoisotopic (exact) mass is 384 g/mol. The fraction of sp³-hybridized carbons (Fsp3) is 0.421. The van der Waals surface area contributed by atoms with E-state index in [1.165, 1.54) is 27.7 Å². The van der Waals surface area contributed by atoms with Crippen molar-refractivity contribution in [2.45, 2.75) is 32.9 Å². The fourth-order valence-electron chi connectivity index (χ4n) is 3.37. The predicted octanol–water partition coefficient (Wildman–Crippen LogP) is 1.43. The molecular weight excluding hydrogens is 363 g/mol. The minimum absolute atomic E-state index is 0.0546. The van der Waals surface area contributed by atoms with Crippen LogP contribution < -0.4 is 5.56 Å². The van der Waals surface area contributed by atoms with Crippen molar-refractivity contribution < 1.29 is 9.18 Å². The minimum Gasteiger partial charge on any atom is -0.341 e. The van der Waals surface area contributed by atoms with E-state index in [9.17, 15) is 14.0 Å². The zero-order valence-electron chi connectivity index (χ0n) is 15.6. The number of fused-ring (bicyclic) bond motifs is 1. The van der Waals surface area contributed by atoms with Crippen molar-refractivity contribution >= 4 is 17.1 Å². The molecule has 4 rings (SSSR count). The van der Waals surface area contributed by atoms with Gasteiger partial charge in [0.2, 0.25) is 5.91 Å². The van der Waals surface area contributed by atoms with Crippen LogP contribution in [-0.2, 0) is 17.9 Å². The smallest absolute Gasteiger partial charge is 0.283 e. The minimum atomic E-state index is -0.394. The average molecular weight is 384 g/mol. The van der Waals surface area contributed by atoms with E-state index in [-0.39, 0.29) is 23.8 Å². The molecule has 1 saturated heterocycles. The number of likely N-dealkylation sites (tertiary alicyclic amines) is 1. The standard InChI is InChI=1S/C19H21FN6O2/c1-13-6-8-24(9-7-13)16(27)11-25-12-21-18-17(19(25)28)22-23-26(18)10-14-2-4-15(20)5-3-14/h2-5,12-13H,6-11H2,1H3. The van der Waals surface area contributed by atoms with Crippen LogP contribution in [0, 0.1) is 11.7 Å². The van der Waals surface area contributed by atoms with Gasteiger partial charge < -0.3 is 4.90 Å². The normalized spacial score (nSPS) is 15.3. The van der Waals surface area contributed by atoms with E-state index in [0.29, 0.717) is 18.1 Å². The lowest BCUT2D eigenvalue weighted by molar-refractivity contribution is -0.133. The van der Waals surface area contributed by atoms with Gasteiger partial charge in [-0.25, -0.2) is 14.1 Å². The van der Waals surface area contributed by atoms with Crippen molar-refractivity contribution in [2.75, 3.05) is 13.1 Å². The lowest BCUT2D eigenvalue weighted by atomic mass is 9.99. The van der Waals surface area contributed by atoms with E-state index in [1.807, 2.05) is 0 Å². The second-order valence-electron chi connectivity index (χ2n) is 7.29. The Bertz CT molecular complexity index is 1050. The molecule has 146 valence electrons. The first-order valence-electron chi connectivity index (χ1n) is 9.32. The molecule has 0 radical (unpaired) electrons. The molecule has 0 unspecified atom stereocenters. The summed E-state index contributed by atoms with van der Waals surface area (Å²) in [6.45, 7) is 3.88. The summed E-state index contributed by atoms with van der Waals surface area (Å²) in [5.41, 5.74) is 0.872. The highest BCUT2D eigenvalue weighted by Crippen LogP contribution is 2.16. The van der Waals surface area contributed by atoms with Gasteiger partial charge in [0.05, 0.1) is 6.54 Å². The molecule has 8 nitrogen and oxygen atoms in total. The molecule has 0 spiro atoms. The molecule has 0 aliphatic carbocycles. The van der Waals surface area contributed by atoms with Crippen LogP contribution in [0.4, 0.5) is 4.39 Å². The molecule has 3 aromatic rings. The number of hydrogen-bond donors (Lipinski definition) is 0. The second kappa shape index (κ2) is 7.49. The summed E-state index contributed by atoms with van der Waals surface area (Å²) in [4.78, 5) is 31.3. The number of hydrogen-bond acceptors (Lipinski definition) is 5. The number of carbonyl (C=O) groups excluding carboxylic acids is 1. The number of nitrogens with zero attached hydrogens (tertiary/aromatic N) is 6. The Hall–Kier alpha value is -3.10. The van der Waals surface area contributed by atoms with Gasteiger partial charge in [0.1, 0.15) is 18.7 Å². The van der Waals surface area contributed by atoms with Crippen LogP contribution in [0.3, 0.4) is 0 Å². The van der Waals surface area contributed by atoms with Gasteiger partial charge in [0, 0.05) is 13.1 Å². The van der Waals surface area contributed by atoms with E-state index in [0.717, 1.165) is 31.5 Å². The van der Waals surface area contributed by atoms with Crippen molar-refractivity contribution in [1.29, 1.82) is 0 Å². The third kappa shape index (κ3) is 3.64. The molecule has 1 aliphatic rings. The van der Waals surface area contributed by atoms with Gasteiger partial charge >= 0.3 is 0 Å². The van der Waals surface area contributed by atoms with Gasteiger partial charge in [-0.1, -0.05) is 24.3 Å². The topological polar surface area (TPSA) is 85.9 Å². The molecule has 1 fully saturated rings. The molecule has 1 aliphatic heterocycles. The summed E-state index contributed by atoms with van der Waals surface area (Å²) < 4.78 is 15.8. The van der Waals surface area contributed by atoms with Crippen molar-refractivity contribution in [1.82, 2.24) is 29.4 Å². The third-order valence-corrected chi connectivity index (χ3v) is 5.18. The van der Waals surface area contributed by atoms with Gasteiger partial charge in [0.25, 0.3) is 5.56 Å². The first-order chi connectivity index (χ1) is 13.5. The summed E-state index contributed by atoms with van der Waals surface area (Å²) >= 11 is 0. The molecule has 2 aromatic heterocycles. The Kier molecular flexibility index (Phi) is 4.89. The van der Waals surface area contributed by atoms with Gasteiger partial charge in [-0.2, -0.15) is 0 Å². The maximum atomic E-state index is 13.1. The second-order valence-corrected chi connectivity index (χ2v) is 7.29. The summed E-state index contributed by atoms with van der Waals surface area (Å²) in [6, 6.07) is 6.01. The Morgan fingerprint density at radius 1 is 1.21 bits per heavy atom. The summed E-state index contributed by atoms with van der Waals surface area (Å²) in [6.07, 6.45) is 3.32. The maximum Gasteiger partial charge on any atom is 0.283 e. The summed E-state index contributed by atoms with van der Waals surface area (Å²) in [5.74, 6) is 0.218. The van der Waals surface area contributed by atoms with Crippen molar-refractivity contribution in [3.63, 3.8) is 0 Å². The summed E-state index contributed by atoms with van der Waals surface area (Å²) in [7, 11) is 0.